The van der Waals surface area contributed by atoms with Crippen LogP contribution in [-0.2, 0) is 14.4 Å². The van der Waals surface area contributed by atoms with Crippen LogP contribution in [0.2, 0.25) is 0 Å². The van der Waals surface area contributed by atoms with E-state index in [2.05, 4.69) is 5.32 Å². The van der Waals surface area contributed by atoms with Crippen LogP contribution in [0.1, 0.15) is 22.1 Å². The molecule has 7 nitrogen and oxygen atoms in total. The Bertz CT molecular complexity index is 754. The van der Waals surface area contributed by atoms with Gasteiger partial charge in [0, 0.05) is 4.75 Å². The number of nitrogens with one attached hydrogen (secondary N) is 1. The Balaban J connectivity index is 1.63. The summed E-state index contributed by atoms with van der Waals surface area (Å²) in [5.41, 5.74) is 0. The predicted molar refractivity (Wildman–Crippen MR) is 92.2 cm³/mol. The molecule has 0 aromatic heterocycles. The number of thioether (sulfide) groups is 1. The summed E-state index contributed by atoms with van der Waals surface area (Å²) in [6.07, 6.45) is -0.830. The van der Waals surface area contributed by atoms with Crippen molar-refractivity contribution in [3.63, 3.8) is 0 Å². The summed E-state index contributed by atoms with van der Waals surface area (Å²) in [5, 5.41) is 11.7. The van der Waals surface area contributed by atoms with Gasteiger partial charge in [0.1, 0.15) is 23.2 Å². The van der Waals surface area contributed by atoms with Gasteiger partial charge in [-0.2, -0.15) is 0 Å². The van der Waals surface area contributed by atoms with E-state index in [1.807, 2.05) is 0 Å². The molecule has 4 atom stereocenters. The van der Waals surface area contributed by atoms with Gasteiger partial charge in [-0.3, -0.25) is 9.59 Å². The van der Waals surface area contributed by atoms with Crippen molar-refractivity contribution in [1.29, 1.82) is 0 Å². The van der Waals surface area contributed by atoms with E-state index >= 15 is 0 Å². The molecular weight excluding hydrogens is 344 g/mol. The molecule has 0 spiro atoms. The highest BCUT2D eigenvalue weighted by atomic mass is 32.2. The number of benzene rings is 1. The van der Waals surface area contributed by atoms with Crippen LogP contribution >= 0.6 is 11.8 Å². The van der Waals surface area contributed by atoms with Crippen molar-refractivity contribution in [3.05, 3.63) is 30.3 Å². The van der Waals surface area contributed by atoms with Gasteiger partial charge in [-0.05, 0) is 32.9 Å². The number of carboxylic acid groups (broad SMARTS) is 1. The zero-order valence-corrected chi connectivity index (χ0v) is 14.9. The summed E-state index contributed by atoms with van der Waals surface area (Å²) < 4.78 is 12.3. The third-order valence-electron chi connectivity index (χ3n) is 4.34. The number of nitrogens with zero attached hydrogens (tertiary/aromatic N) is 1. The van der Waals surface area contributed by atoms with Crippen molar-refractivity contribution in [1.82, 2.24) is 10.2 Å². The predicted octanol–water partition coefficient (Wildman–Crippen LogP) is 1.09. The third kappa shape index (κ3) is 3.06. The molecule has 8 heteroatoms. The van der Waals surface area contributed by atoms with E-state index < -0.39 is 40.2 Å². The summed E-state index contributed by atoms with van der Waals surface area (Å²) >= 11 is 1.37. The van der Waals surface area contributed by atoms with Crippen LogP contribution < -0.4 is 10.1 Å². The highest BCUT2D eigenvalue weighted by Gasteiger charge is 2.64. The zero-order chi connectivity index (χ0) is 19.2. The maximum Gasteiger partial charge on any atom is 0.327 e. The first-order valence-electron chi connectivity index (χ1n) is 8.38. The van der Waals surface area contributed by atoms with Crippen molar-refractivity contribution in [3.8, 4) is 5.75 Å². The van der Waals surface area contributed by atoms with E-state index in [4.69, 9.17) is 6.11 Å². The Morgan fingerprint density at radius 3 is 2.68 bits per heavy atom. The average Bonchev–Trinajstić information content (AvgIpc) is 2.82. The fourth-order valence-corrected chi connectivity index (χ4v) is 4.75. The van der Waals surface area contributed by atoms with Crippen molar-refractivity contribution in [2.24, 2.45) is 0 Å². The molecule has 1 unspecified atom stereocenters. The Morgan fingerprint density at radius 2 is 2.08 bits per heavy atom. The molecular formula is C17H20N2O5S. The monoisotopic (exact) mass is 365 g/mol. The normalized spacial score (nSPS) is 28.4. The summed E-state index contributed by atoms with van der Waals surface area (Å²) in [6.45, 7) is 5.13. The fourth-order valence-electron chi connectivity index (χ4n) is 3.12. The minimum absolute atomic E-state index is 0.337. The van der Waals surface area contributed by atoms with Crippen LogP contribution in [0.3, 0.4) is 0 Å². The topological polar surface area (TPSA) is 95.9 Å². The molecule has 1 aromatic rings. The molecule has 0 bridgehead atoms. The van der Waals surface area contributed by atoms with Gasteiger partial charge in [0.25, 0.3) is 5.91 Å². The lowest BCUT2D eigenvalue weighted by Gasteiger charge is -2.43. The Labute approximate surface area is 151 Å². The second-order valence-corrected chi connectivity index (χ2v) is 8.35. The molecule has 134 valence electrons. The molecule has 2 heterocycles. The molecule has 2 N–H and O–H groups in total. The number of β-lactam (4-membered cyclic amide) rings is 1. The highest BCUT2D eigenvalue weighted by Crippen LogP contribution is 2.50. The lowest BCUT2D eigenvalue weighted by atomic mass is 9.96. The lowest BCUT2D eigenvalue weighted by Crippen LogP contribution is -2.71. The third-order valence-corrected chi connectivity index (χ3v) is 5.91. The van der Waals surface area contributed by atoms with Gasteiger partial charge < -0.3 is 20.1 Å². The van der Waals surface area contributed by atoms with E-state index in [-0.39, 0.29) is 5.91 Å². The highest BCUT2D eigenvalue weighted by molar-refractivity contribution is 8.01. The van der Waals surface area contributed by atoms with Crippen LogP contribution in [-0.4, -0.2) is 56.1 Å². The molecule has 0 saturated carbocycles. The van der Waals surface area contributed by atoms with Crippen molar-refractivity contribution in [2.75, 3.05) is 0 Å². The summed E-state index contributed by atoms with van der Waals surface area (Å²) in [5.74, 6) is -1.43. The van der Waals surface area contributed by atoms with Crippen molar-refractivity contribution in [2.45, 2.75) is 49.1 Å². The smallest absolute Gasteiger partial charge is 0.327 e. The Kier molecular flexibility index (Phi) is 4.07. The number of para-hydroxylation sites is 1. The maximum atomic E-state index is 12.4. The second kappa shape index (κ2) is 6.25. The van der Waals surface area contributed by atoms with E-state index in [1.165, 1.54) is 16.7 Å². The molecule has 0 aliphatic carbocycles. The average molecular weight is 365 g/mol. The standard InChI is InChI=1S/C17H20N2O5S/c1-9(24-10-7-5-4-6-8-10)13(20)18-11-14(21)19-12(16(22)23)17(2,3)25-15(11)19/h4-9,11-12,15H,1-3H3,(H,18,20)(H,22,23)/t9?,11-,12+,15-/m1/s1/i4D. The number of carbonyl (C=O) groups is 3. The zero-order valence-electron chi connectivity index (χ0n) is 15.1. The molecule has 2 amide bonds. The van der Waals surface area contributed by atoms with E-state index in [9.17, 15) is 19.5 Å². The SMILES string of the molecule is [2H]c1ccc(OC(C)C(=O)N[C@@H]2C(=O)N3[C@@H]2SC(C)(C)[C@@H]3C(=O)O)cc1. The fraction of sp³-hybridized carbons (Fsp3) is 0.471. The first-order valence-corrected chi connectivity index (χ1v) is 8.76. The van der Waals surface area contributed by atoms with Crippen LogP contribution in [0.4, 0.5) is 0 Å². The summed E-state index contributed by atoms with van der Waals surface area (Å²) in [4.78, 5) is 37.6. The number of rotatable bonds is 5. The van der Waals surface area contributed by atoms with Gasteiger partial charge in [-0.1, -0.05) is 18.2 Å². The molecule has 1 aromatic carbocycles. The summed E-state index contributed by atoms with van der Waals surface area (Å²) in [6, 6.07) is 4.97. The number of amides is 2. The van der Waals surface area contributed by atoms with Crippen LogP contribution in [0.25, 0.3) is 0 Å². The first-order chi connectivity index (χ1) is 12.1. The quantitative estimate of drug-likeness (QED) is 0.758. The van der Waals surface area contributed by atoms with Gasteiger partial charge >= 0.3 is 5.97 Å². The molecule has 25 heavy (non-hydrogen) atoms. The van der Waals surface area contributed by atoms with Crippen LogP contribution in [0, 0.1) is 0 Å². The van der Waals surface area contributed by atoms with Gasteiger partial charge in [0.05, 0.1) is 1.37 Å². The lowest BCUT2D eigenvalue weighted by molar-refractivity contribution is -0.161. The van der Waals surface area contributed by atoms with Crippen LogP contribution in [0.5, 0.6) is 5.75 Å². The van der Waals surface area contributed by atoms with Gasteiger partial charge in [-0.15, -0.1) is 11.8 Å². The number of hydrogen-bond acceptors (Lipinski definition) is 5. The van der Waals surface area contributed by atoms with E-state index in [0.29, 0.717) is 11.8 Å². The Morgan fingerprint density at radius 1 is 1.44 bits per heavy atom. The van der Waals surface area contributed by atoms with E-state index in [1.54, 1.807) is 45.0 Å². The number of aliphatic carboxylic acids is 1. The van der Waals surface area contributed by atoms with Crippen LogP contribution in [0.15, 0.2) is 30.3 Å². The van der Waals surface area contributed by atoms with Gasteiger partial charge in [0.2, 0.25) is 5.91 Å². The molecule has 2 aliphatic heterocycles. The minimum atomic E-state index is -1.04. The molecule has 0 radical (unpaired) electrons. The first kappa shape index (κ1) is 16.3. The van der Waals surface area contributed by atoms with Crippen molar-refractivity contribution < 1.29 is 25.6 Å². The van der Waals surface area contributed by atoms with Gasteiger partial charge in [-0.25, -0.2) is 4.79 Å². The molecule has 2 aliphatic rings. The molecule has 2 fully saturated rings. The maximum absolute atomic E-state index is 12.4. The number of carboxylic acids is 1. The number of ether oxygens (including phenoxy) is 1. The number of fused-ring (bicyclic) bond motifs is 1. The largest absolute Gasteiger partial charge is 0.481 e. The minimum Gasteiger partial charge on any atom is -0.481 e. The summed E-state index contributed by atoms with van der Waals surface area (Å²) in [7, 11) is 0. The number of carbonyl (C=O) groups excluding carboxylic acids is 2. The second-order valence-electron chi connectivity index (χ2n) is 6.58. The Hall–Kier alpha value is -2.22. The number of hydrogen-bond donors (Lipinski definition) is 2. The van der Waals surface area contributed by atoms with Gasteiger partial charge in [0.15, 0.2) is 6.10 Å². The molecule has 3 rings (SSSR count). The van der Waals surface area contributed by atoms with Crippen molar-refractivity contribution >= 4 is 29.5 Å². The van der Waals surface area contributed by atoms with E-state index in [0.717, 1.165) is 0 Å². The molecule has 2 saturated heterocycles.